The summed E-state index contributed by atoms with van der Waals surface area (Å²) in [5, 5.41) is 4.70. The van der Waals surface area contributed by atoms with Crippen LogP contribution in [0.15, 0.2) is 48.8 Å². The van der Waals surface area contributed by atoms with Gasteiger partial charge in [0.05, 0.1) is 11.2 Å². The Kier molecular flexibility index (Phi) is 3.97. The second-order valence-corrected chi connectivity index (χ2v) is 6.28. The Hall–Kier alpha value is -2.73. The van der Waals surface area contributed by atoms with Gasteiger partial charge in [0.25, 0.3) is 5.91 Å². The lowest BCUT2D eigenvalue weighted by atomic mass is 9.99. The van der Waals surface area contributed by atoms with E-state index in [1.807, 2.05) is 12.1 Å². The van der Waals surface area contributed by atoms with Gasteiger partial charge in [0.1, 0.15) is 5.82 Å². The summed E-state index contributed by atoms with van der Waals surface area (Å²) in [4.78, 5) is 18.5. The topological polar surface area (TPSA) is 50.5 Å². The Morgan fingerprint density at radius 2 is 2.16 bits per heavy atom. The fraction of sp³-hybridized carbons (Fsp3) is 0.167. The van der Waals surface area contributed by atoms with Gasteiger partial charge in [-0.05, 0) is 29.7 Å². The first-order valence-electron chi connectivity index (χ1n) is 7.85. The van der Waals surface area contributed by atoms with E-state index in [2.05, 4.69) is 10.1 Å². The van der Waals surface area contributed by atoms with Gasteiger partial charge in [0.15, 0.2) is 11.3 Å². The van der Waals surface area contributed by atoms with Gasteiger partial charge in [-0.2, -0.15) is 5.10 Å². The standard InChI is InChI=1S/C18H14ClFN4O/c19-14-10-21-17-9-16(22-24(17)11-14)18(25)23-6-4-12(5-7-23)13-2-1-3-15(20)8-13/h1-4,8-11H,5-7H2. The number of fused-ring (bicyclic) bond motifs is 1. The van der Waals surface area contributed by atoms with Gasteiger partial charge in [-0.1, -0.05) is 29.8 Å². The fourth-order valence-corrected chi connectivity index (χ4v) is 3.07. The van der Waals surface area contributed by atoms with E-state index in [4.69, 9.17) is 11.6 Å². The largest absolute Gasteiger partial charge is 0.333 e. The normalized spacial score (nSPS) is 14.6. The number of hydrogen-bond acceptors (Lipinski definition) is 3. The van der Waals surface area contributed by atoms with Crippen LogP contribution < -0.4 is 0 Å². The van der Waals surface area contributed by atoms with Crippen LogP contribution in [-0.2, 0) is 0 Å². The molecule has 1 aliphatic rings. The molecule has 3 aromatic rings. The van der Waals surface area contributed by atoms with Crippen LogP contribution in [0.1, 0.15) is 22.5 Å². The van der Waals surface area contributed by atoms with Crippen LogP contribution in [0.3, 0.4) is 0 Å². The summed E-state index contributed by atoms with van der Waals surface area (Å²) >= 11 is 5.89. The van der Waals surface area contributed by atoms with Crippen molar-refractivity contribution in [2.45, 2.75) is 6.42 Å². The lowest BCUT2D eigenvalue weighted by Crippen LogP contribution is -2.34. The van der Waals surface area contributed by atoms with Crippen LogP contribution in [0, 0.1) is 5.82 Å². The molecule has 0 fully saturated rings. The Morgan fingerprint density at radius 1 is 1.28 bits per heavy atom. The van der Waals surface area contributed by atoms with Gasteiger partial charge in [-0.3, -0.25) is 4.79 Å². The van der Waals surface area contributed by atoms with Gasteiger partial charge in [-0.25, -0.2) is 13.9 Å². The third-order valence-corrected chi connectivity index (χ3v) is 4.39. The van der Waals surface area contributed by atoms with Crippen molar-refractivity contribution < 1.29 is 9.18 Å². The van der Waals surface area contributed by atoms with E-state index >= 15 is 0 Å². The molecule has 0 radical (unpaired) electrons. The van der Waals surface area contributed by atoms with Gasteiger partial charge >= 0.3 is 0 Å². The van der Waals surface area contributed by atoms with Crippen molar-refractivity contribution in [3.63, 3.8) is 0 Å². The van der Waals surface area contributed by atoms with Crippen LogP contribution >= 0.6 is 11.6 Å². The Labute approximate surface area is 148 Å². The number of amides is 1. The maximum atomic E-state index is 13.4. The van der Waals surface area contributed by atoms with Crippen molar-refractivity contribution in [2.24, 2.45) is 0 Å². The van der Waals surface area contributed by atoms with Crippen LogP contribution in [0.5, 0.6) is 0 Å². The number of carbonyl (C=O) groups excluding carboxylic acids is 1. The predicted molar refractivity (Wildman–Crippen MR) is 92.9 cm³/mol. The summed E-state index contributed by atoms with van der Waals surface area (Å²) < 4.78 is 14.9. The Morgan fingerprint density at radius 3 is 2.92 bits per heavy atom. The zero-order valence-electron chi connectivity index (χ0n) is 13.2. The molecule has 0 aliphatic carbocycles. The predicted octanol–water partition coefficient (Wildman–Crippen LogP) is 3.45. The molecule has 0 saturated carbocycles. The van der Waals surface area contributed by atoms with Gasteiger partial charge < -0.3 is 4.90 Å². The highest BCUT2D eigenvalue weighted by Gasteiger charge is 2.22. The molecule has 1 amide bonds. The monoisotopic (exact) mass is 356 g/mol. The molecule has 3 heterocycles. The van der Waals surface area contributed by atoms with Crippen molar-refractivity contribution in [1.29, 1.82) is 0 Å². The van der Waals surface area contributed by atoms with Crippen molar-refractivity contribution in [1.82, 2.24) is 19.5 Å². The summed E-state index contributed by atoms with van der Waals surface area (Å²) in [6.07, 6.45) is 5.76. The second kappa shape index (κ2) is 6.29. The molecule has 0 atom stereocenters. The minimum absolute atomic E-state index is 0.156. The minimum atomic E-state index is -0.257. The minimum Gasteiger partial charge on any atom is -0.333 e. The fourth-order valence-electron chi connectivity index (χ4n) is 2.92. The average molecular weight is 357 g/mol. The number of nitrogens with zero attached hydrogens (tertiary/aromatic N) is 4. The summed E-state index contributed by atoms with van der Waals surface area (Å²) in [7, 11) is 0. The first-order chi connectivity index (χ1) is 12.1. The van der Waals surface area contributed by atoms with E-state index in [1.165, 1.54) is 22.8 Å². The van der Waals surface area contributed by atoms with E-state index in [9.17, 15) is 9.18 Å². The van der Waals surface area contributed by atoms with E-state index in [0.29, 0.717) is 35.9 Å². The van der Waals surface area contributed by atoms with Crippen molar-refractivity contribution in [2.75, 3.05) is 13.1 Å². The van der Waals surface area contributed by atoms with E-state index in [1.54, 1.807) is 23.2 Å². The van der Waals surface area contributed by atoms with Crippen LogP contribution in [0.4, 0.5) is 4.39 Å². The maximum absolute atomic E-state index is 13.4. The number of aromatic nitrogens is 3. The number of hydrogen-bond donors (Lipinski definition) is 0. The summed E-state index contributed by atoms with van der Waals surface area (Å²) in [5.41, 5.74) is 2.81. The first-order valence-corrected chi connectivity index (χ1v) is 8.23. The molecule has 1 aliphatic heterocycles. The quantitative estimate of drug-likeness (QED) is 0.706. The third-order valence-electron chi connectivity index (χ3n) is 4.19. The van der Waals surface area contributed by atoms with Crippen LogP contribution in [0.2, 0.25) is 5.02 Å². The molecule has 4 rings (SSSR count). The molecule has 5 nitrogen and oxygen atoms in total. The van der Waals surface area contributed by atoms with Crippen LogP contribution in [0.25, 0.3) is 11.2 Å². The average Bonchev–Trinajstić information content (AvgIpc) is 3.04. The SMILES string of the molecule is O=C(c1cc2ncc(Cl)cn2n1)N1CC=C(c2cccc(F)c2)CC1. The van der Waals surface area contributed by atoms with Crippen molar-refractivity contribution >= 4 is 28.7 Å². The number of halogens is 2. The smallest absolute Gasteiger partial charge is 0.274 e. The van der Waals surface area contributed by atoms with Crippen molar-refractivity contribution in [3.8, 4) is 0 Å². The first kappa shape index (κ1) is 15.8. The summed E-state index contributed by atoms with van der Waals surface area (Å²) in [6.45, 7) is 1.02. The number of benzene rings is 1. The molecule has 0 N–H and O–H groups in total. The molecule has 7 heteroatoms. The van der Waals surface area contributed by atoms with Gasteiger partial charge in [0, 0.05) is 25.4 Å². The molecule has 25 heavy (non-hydrogen) atoms. The molecule has 1 aromatic carbocycles. The highest BCUT2D eigenvalue weighted by atomic mass is 35.5. The highest BCUT2D eigenvalue weighted by molar-refractivity contribution is 6.30. The molecule has 0 unspecified atom stereocenters. The van der Waals surface area contributed by atoms with E-state index < -0.39 is 0 Å². The third kappa shape index (κ3) is 3.13. The lowest BCUT2D eigenvalue weighted by molar-refractivity contribution is 0.0766. The zero-order chi connectivity index (χ0) is 17.4. The summed E-state index contributed by atoms with van der Waals surface area (Å²) in [5.74, 6) is -0.413. The van der Waals surface area contributed by atoms with Gasteiger partial charge in [-0.15, -0.1) is 0 Å². The lowest BCUT2D eigenvalue weighted by Gasteiger charge is -2.26. The molecular formula is C18H14ClFN4O. The molecule has 126 valence electrons. The number of rotatable bonds is 2. The van der Waals surface area contributed by atoms with E-state index in [-0.39, 0.29) is 11.7 Å². The van der Waals surface area contributed by atoms with Crippen LogP contribution in [-0.4, -0.2) is 38.5 Å². The molecule has 0 bridgehead atoms. The highest BCUT2D eigenvalue weighted by Crippen LogP contribution is 2.23. The summed E-state index contributed by atoms with van der Waals surface area (Å²) in [6, 6.07) is 8.15. The Bertz CT molecular complexity index is 998. The van der Waals surface area contributed by atoms with E-state index in [0.717, 1.165) is 11.1 Å². The molecule has 2 aromatic heterocycles. The van der Waals surface area contributed by atoms with Crippen molar-refractivity contribution in [3.05, 3.63) is 70.9 Å². The maximum Gasteiger partial charge on any atom is 0.274 e. The van der Waals surface area contributed by atoms with Gasteiger partial charge in [0.2, 0.25) is 0 Å². The molecular weight excluding hydrogens is 343 g/mol. The second-order valence-electron chi connectivity index (χ2n) is 5.85. The Balaban J connectivity index is 1.53. The number of carbonyl (C=O) groups is 1. The molecule has 0 spiro atoms. The molecule has 0 saturated heterocycles. The zero-order valence-corrected chi connectivity index (χ0v) is 13.9.